The van der Waals surface area contributed by atoms with Gasteiger partial charge in [0.05, 0.1) is 15.9 Å². The summed E-state index contributed by atoms with van der Waals surface area (Å²) in [6, 6.07) is 6.90. The second-order valence-electron chi connectivity index (χ2n) is 5.36. The number of hydrazone groups is 1. The first-order chi connectivity index (χ1) is 10.4. The quantitative estimate of drug-likeness (QED) is 0.500. The lowest BCUT2D eigenvalue weighted by atomic mass is 10.1. The molecule has 7 heteroatoms. The maximum absolute atomic E-state index is 12.5. The summed E-state index contributed by atoms with van der Waals surface area (Å²) in [7, 11) is -1.49. The van der Waals surface area contributed by atoms with Crippen LogP contribution >= 0.6 is 12.2 Å². The van der Waals surface area contributed by atoms with Gasteiger partial charge in [-0.2, -0.15) is 5.10 Å². The fraction of sp³-hybridized carbons (Fsp3) is 0.467. The van der Waals surface area contributed by atoms with Gasteiger partial charge in [-0.3, -0.25) is 5.43 Å². The minimum absolute atomic E-state index is 0.220. The maximum atomic E-state index is 12.5. The van der Waals surface area contributed by atoms with Crippen LogP contribution in [0.25, 0.3) is 0 Å². The van der Waals surface area contributed by atoms with E-state index in [0.29, 0.717) is 10.0 Å². The Labute approximate surface area is 137 Å². The van der Waals surface area contributed by atoms with E-state index in [-0.39, 0.29) is 5.25 Å². The highest BCUT2D eigenvalue weighted by Crippen LogP contribution is 2.29. The number of rotatable bonds is 4. The molecule has 120 valence electrons. The molecule has 2 rings (SSSR count). The van der Waals surface area contributed by atoms with Crippen molar-refractivity contribution in [2.45, 2.75) is 42.8 Å². The number of sulfone groups is 1. The summed E-state index contributed by atoms with van der Waals surface area (Å²) in [6.07, 6.45) is 3.56. The third-order valence-electron chi connectivity index (χ3n) is 3.89. The molecule has 0 bridgehead atoms. The van der Waals surface area contributed by atoms with E-state index in [4.69, 9.17) is 12.2 Å². The Balaban J connectivity index is 2.14. The molecule has 0 amide bonds. The van der Waals surface area contributed by atoms with Gasteiger partial charge in [-0.25, -0.2) is 8.42 Å². The molecule has 0 heterocycles. The Morgan fingerprint density at radius 2 is 1.82 bits per heavy atom. The van der Waals surface area contributed by atoms with Gasteiger partial charge in [0, 0.05) is 7.05 Å². The Hall–Kier alpha value is -1.47. The third kappa shape index (κ3) is 3.84. The van der Waals surface area contributed by atoms with Crippen LogP contribution in [0.1, 0.15) is 38.2 Å². The fourth-order valence-electron chi connectivity index (χ4n) is 2.53. The molecule has 1 saturated carbocycles. The van der Waals surface area contributed by atoms with Crippen molar-refractivity contribution in [3.63, 3.8) is 0 Å². The Bertz CT molecular complexity index is 661. The highest BCUT2D eigenvalue weighted by molar-refractivity contribution is 7.92. The number of hydrogen-bond donors (Lipinski definition) is 2. The summed E-state index contributed by atoms with van der Waals surface area (Å²) in [6.45, 7) is 1.84. The van der Waals surface area contributed by atoms with E-state index in [1.807, 2.05) is 6.92 Å². The average molecular weight is 339 g/mol. The van der Waals surface area contributed by atoms with Crippen LogP contribution in [0.3, 0.4) is 0 Å². The lowest BCUT2D eigenvalue weighted by molar-refractivity contribution is 0.579. The molecule has 1 aromatic rings. The van der Waals surface area contributed by atoms with Crippen LogP contribution < -0.4 is 10.7 Å². The van der Waals surface area contributed by atoms with Crippen molar-refractivity contribution >= 4 is 32.9 Å². The molecule has 1 fully saturated rings. The molecule has 22 heavy (non-hydrogen) atoms. The van der Waals surface area contributed by atoms with E-state index in [0.717, 1.165) is 37.0 Å². The number of nitrogens with zero attached hydrogens (tertiary/aromatic N) is 1. The van der Waals surface area contributed by atoms with E-state index in [1.165, 1.54) is 0 Å². The van der Waals surface area contributed by atoms with Crippen molar-refractivity contribution in [3.05, 3.63) is 29.8 Å². The van der Waals surface area contributed by atoms with Gasteiger partial charge in [0.1, 0.15) is 0 Å². The van der Waals surface area contributed by atoms with Crippen molar-refractivity contribution in [1.82, 2.24) is 10.7 Å². The molecule has 1 aromatic carbocycles. The van der Waals surface area contributed by atoms with Gasteiger partial charge in [-0.1, -0.05) is 25.0 Å². The largest absolute Gasteiger partial charge is 0.364 e. The molecule has 1 aliphatic rings. The zero-order chi connectivity index (χ0) is 16.2. The Morgan fingerprint density at radius 1 is 1.23 bits per heavy atom. The number of hydrogen-bond acceptors (Lipinski definition) is 4. The molecular formula is C15H21N3O2S2. The van der Waals surface area contributed by atoms with Crippen LogP contribution in [-0.2, 0) is 9.84 Å². The van der Waals surface area contributed by atoms with Crippen molar-refractivity contribution in [1.29, 1.82) is 0 Å². The first kappa shape index (κ1) is 16.9. The predicted octanol–water partition coefficient (Wildman–Crippen LogP) is 2.22. The molecule has 0 aliphatic heterocycles. The van der Waals surface area contributed by atoms with Crippen LogP contribution in [-0.4, -0.2) is 31.5 Å². The van der Waals surface area contributed by atoms with Gasteiger partial charge >= 0.3 is 0 Å². The number of thiocarbonyl (C=S) groups is 1. The van der Waals surface area contributed by atoms with Gasteiger partial charge in [0.15, 0.2) is 14.9 Å². The summed E-state index contributed by atoms with van der Waals surface area (Å²) < 4.78 is 25.0. The van der Waals surface area contributed by atoms with Crippen molar-refractivity contribution in [2.24, 2.45) is 5.10 Å². The monoisotopic (exact) mass is 339 g/mol. The Morgan fingerprint density at radius 3 is 2.36 bits per heavy atom. The number of benzene rings is 1. The first-order valence-electron chi connectivity index (χ1n) is 7.31. The topological polar surface area (TPSA) is 70.6 Å². The van der Waals surface area contributed by atoms with Crippen molar-refractivity contribution in [2.75, 3.05) is 7.05 Å². The van der Waals surface area contributed by atoms with Crippen molar-refractivity contribution < 1.29 is 8.42 Å². The summed E-state index contributed by atoms with van der Waals surface area (Å²) in [4.78, 5) is 0.398. The van der Waals surface area contributed by atoms with E-state index >= 15 is 0 Å². The van der Waals surface area contributed by atoms with E-state index in [1.54, 1.807) is 31.3 Å². The molecular weight excluding hydrogens is 318 g/mol. The highest BCUT2D eigenvalue weighted by atomic mass is 32.2. The molecule has 2 N–H and O–H groups in total. The smallest absolute Gasteiger partial charge is 0.186 e. The lowest BCUT2D eigenvalue weighted by Gasteiger charge is -2.11. The van der Waals surface area contributed by atoms with Crippen LogP contribution in [0.4, 0.5) is 0 Å². The standard InChI is InChI=1S/C15H21N3O2S2/c1-11(17-18-15(21)16-2)12-7-9-14(10-8-12)22(19,20)13-5-3-4-6-13/h7-10,13H,3-6H2,1-2H3,(H2,16,18,21). The van der Waals surface area contributed by atoms with Crippen LogP contribution in [0.15, 0.2) is 34.3 Å². The molecule has 0 radical (unpaired) electrons. The Kier molecular flexibility index (Phi) is 5.52. The van der Waals surface area contributed by atoms with Gasteiger partial charge < -0.3 is 5.32 Å². The molecule has 0 atom stereocenters. The van der Waals surface area contributed by atoms with E-state index in [2.05, 4.69) is 15.8 Å². The molecule has 5 nitrogen and oxygen atoms in total. The van der Waals surface area contributed by atoms with E-state index < -0.39 is 9.84 Å². The van der Waals surface area contributed by atoms with Crippen LogP contribution in [0.2, 0.25) is 0 Å². The van der Waals surface area contributed by atoms with Gasteiger partial charge in [0.25, 0.3) is 0 Å². The normalized spacial score (nSPS) is 16.5. The SMILES string of the molecule is CNC(=S)NN=C(C)c1ccc(S(=O)(=O)C2CCCC2)cc1. The van der Waals surface area contributed by atoms with Crippen molar-refractivity contribution in [3.8, 4) is 0 Å². The van der Waals surface area contributed by atoms with Gasteiger partial charge in [0.2, 0.25) is 0 Å². The highest BCUT2D eigenvalue weighted by Gasteiger charge is 2.30. The molecule has 0 unspecified atom stereocenters. The lowest BCUT2D eigenvalue weighted by Crippen LogP contribution is -2.29. The summed E-state index contributed by atoms with van der Waals surface area (Å²) >= 11 is 4.95. The van der Waals surface area contributed by atoms with Gasteiger partial charge in [-0.15, -0.1) is 0 Å². The maximum Gasteiger partial charge on any atom is 0.186 e. The summed E-state index contributed by atoms with van der Waals surface area (Å²) in [5.41, 5.74) is 4.31. The first-order valence-corrected chi connectivity index (χ1v) is 9.27. The van der Waals surface area contributed by atoms with Gasteiger partial charge in [-0.05, 0) is 49.7 Å². The molecule has 0 spiro atoms. The zero-order valence-corrected chi connectivity index (χ0v) is 14.4. The van der Waals surface area contributed by atoms with E-state index in [9.17, 15) is 8.42 Å². The second kappa shape index (κ2) is 7.19. The average Bonchev–Trinajstić information content (AvgIpc) is 3.07. The molecule has 0 saturated heterocycles. The molecule has 1 aliphatic carbocycles. The fourth-order valence-corrected chi connectivity index (χ4v) is 4.43. The number of nitrogens with one attached hydrogen (secondary N) is 2. The second-order valence-corrected chi connectivity index (χ2v) is 8.00. The predicted molar refractivity (Wildman–Crippen MR) is 92.9 cm³/mol. The van der Waals surface area contributed by atoms with Crippen LogP contribution in [0, 0.1) is 0 Å². The molecule has 0 aromatic heterocycles. The van der Waals surface area contributed by atoms with Crippen LogP contribution in [0.5, 0.6) is 0 Å². The third-order valence-corrected chi connectivity index (χ3v) is 6.47. The summed E-state index contributed by atoms with van der Waals surface area (Å²) in [5.74, 6) is 0. The minimum Gasteiger partial charge on any atom is -0.364 e. The minimum atomic E-state index is -3.20. The zero-order valence-electron chi connectivity index (χ0n) is 12.8. The summed E-state index contributed by atoms with van der Waals surface area (Å²) in [5, 5.41) is 7.12.